The summed E-state index contributed by atoms with van der Waals surface area (Å²) in [6.07, 6.45) is 2.61. The molecule has 3 N–H and O–H groups in total. The summed E-state index contributed by atoms with van der Waals surface area (Å²) in [5, 5.41) is 0. The molecule has 0 saturated carbocycles. The van der Waals surface area contributed by atoms with Gasteiger partial charge < -0.3 is 15.5 Å². The number of hydrogen-bond acceptors (Lipinski definition) is 3. The fourth-order valence-electron chi connectivity index (χ4n) is 2.07. The highest BCUT2D eigenvalue weighted by Crippen LogP contribution is 2.24. The normalized spacial score (nSPS) is 12.6. The number of nitrogens with two attached hydrogens (primary N) is 1. The van der Waals surface area contributed by atoms with Crippen LogP contribution in [0.15, 0.2) is 24.4 Å². The van der Waals surface area contributed by atoms with Crippen molar-refractivity contribution < 1.29 is 4.74 Å². The Morgan fingerprint density at radius 3 is 2.89 bits per heavy atom. The van der Waals surface area contributed by atoms with Crippen molar-refractivity contribution in [2.45, 2.75) is 26.3 Å². The van der Waals surface area contributed by atoms with E-state index in [0.29, 0.717) is 6.61 Å². The van der Waals surface area contributed by atoms with Gasteiger partial charge >= 0.3 is 0 Å². The zero-order valence-corrected chi connectivity index (χ0v) is 11.7. The number of aromatic amines is 1. The van der Waals surface area contributed by atoms with Gasteiger partial charge in [0.1, 0.15) is 5.82 Å². The number of hydrogen-bond donors (Lipinski definition) is 2. The largest absolute Gasteiger partial charge is 0.385 e. The number of aryl methyl sites for hydroxylation is 2. The van der Waals surface area contributed by atoms with E-state index < -0.39 is 0 Å². The number of methoxy groups -OCH3 is 1. The molecule has 4 heteroatoms. The fourth-order valence-corrected chi connectivity index (χ4v) is 2.07. The van der Waals surface area contributed by atoms with Gasteiger partial charge in [0.05, 0.1) is 17.9 Å². The van der Waals surface area contributed by atoms with E-state index in [1.807, 2.05) is 6.20 Å². The summed E-state index contributed by atoms with van der Waals surface area (Å²) in [6, 6.07) is 6.28. The lowest BCUT2D eigenvalue weighted by molar-refractivity contribution is 0.187. The first-order valence-corrected chi connectivity index (χ1v) is 6.49. The highest BCUT2D eigenvalue weighted by molar-refractivity contribution is 5.63. The van der Waals surface area contributed by atoms with Crippen molar-refractivity contribution in [2.75, 3.05) is 13.7 Å². The van der Waals surface area contributed by atoms with Crippen LogP contribution in [-0.4, -0.2) is 23.7 Å². The van der Waals surface area contributed by atoms with Crippen LogP contribution < -0.4 is 5.73 Å². The van der Waals surface area contributed by atoms with Crippen molar-refractivity contribution in [3.8, 4) is 11.3 Å². The molecule has 0 aliphatic carbocycles. The van der Waals surface area contributed by atoms with Gasteiger partial charge in [0.15, 0.2) is 0 Å². The van der Waals surface area contributed by atoms with Crippen LogP contribution in [0, 0.1) is 13.8 Å². The van der Waals surface area contributed by atoms with Gasteiger partial charge in [-0.1, -0.05) is 17.7 Å². The molecule has 1 unspecified atom stereocenters. The topological polar surface area (TPSA) is 63.9 Å². The summed E-state index contributed by atoms with van der Waals surface area (Å²) < 4.78 is 5.04. The molecule has 1 heterocycles. The summed E-state index contributed by atoms with van der Waals surface area (Å²) in [4.78, 5) is 7.69. The molecular weight excluding hydrogens is 238 g/mol. The SMILES string of the molecule is COCCC(N)c1ncc(-c2cc(C)ccc2C)[nH]1. The third-order valence-electron chi connectivity index (χ3n) is 3.26. The summed E-state index contributed by atoms with van der Waals surface area (Å²) in [6.45, 7) is 4.82. The number of rotatable bonds is 5. The van der Waals surface area contributed by atoms with Crippen molar-refractivity contribution in [1.82, 2.24) is 9.97 Å². The number of aromatic nitrogens is 2. The van der Waals surface area contributed by atoms with Crippen LogP contribution in [0.4, 0.5) is 0 Å². The maximum atomic E-state index is 6.07. The van der Waals surface area contributed by atoms with Crippen LogP contribution in [0.25, 0.3) is 11.3 Å². The second-order valence-corrected chi connectivity index (χ2v) is 4.89. The molecule has 0 aliphatic rings. The first kappa shape index (κ1) is 13.8. The van der Waals surface area contributed by atoms with E-state index in [9.17, 15) is 0 Å². The maximum Gasteiger partial charge on any atom is 0.123 e. The first-order chi connectivity index (χ1) is 9.11. The highest BCUT2D eigenvalue weighted by Gasteiger charge is 2.12. The van der Waals surface area contributed by atoms with Crippen LogP contribution in [0.2, 0.25) is 0 Å². The van der Waals surface area contributed by atoms with Crippen LogP contribution >= 0.6 is 0 Å². The Labute approximate surface area is 114 Å². The molecule has 1 aromatic carbocycles. The van der Waals surface area contributed by atoms with Crippen molar-refractivity contribution in [3.05, 3.63) is 41.3 Å². The minimum Gasteiger partial charge on any atom is -0.385 e. The summed E-state index contributed by atoms with van der Waals surface area (Å²) >= 11 is 0. The Morgan fingerprint density at radius 2 is 2.16 bits per heavy atom. The van der Waals surface area contributed by atoms with E-state index in [4.69, 9.17) is 10.5 Å². The molecule has 102 valence electrons. The molecule has 0 aliphatic heterocycles. The van der Waals surface area contributed by atoms with Gasteiger partial charge in [-0.05, 0) is 31.9 Å². The Morgan fingerprint density at radius 1 is 1.37 bits per heavy atom. The molecule has 0 saturated heterocycles. The standard InChI is InChI=1S/C15H21N3O/c1-10-4-5-11(2)12(8-10)14-9-17-15(18-14)13(16)6-7-19-3/h4-5,8-9,13H,6-7,16H2,1-3H3,(H,17,18). The molecule has 0 radical (unpaired) electrons. The molecular formula is C15H21N3O. The van der Waals surface area contributed by atoms with E-state index in [1.54, 1.807) is 7.11 Å². The minimum atomic E-state index is -0.112. The maximum absolute atomic E-state index is 6.07. The van der Waals surface area contributed by atoms with Crippen LogP contribution in [0.3, 0.4) is 0 Å². The molecule has 2 rings (SSSR count). The average molecular weight is 259 g/mol. The molecule has 4 nitrogen and oxygen atoms in total. The van der Waals surface area contributed by atoms with Crippen molar-refractivity contribution in [1.29, 1.82) is 0 Å². The van der Waals surface area contributed by atoms with Gasteiger partial charge in [0, 0.05) is 19.3 Å². The number of imidazole rings is 1. The van der Waals surface area contributed by atoms with Gasteiger partial charge in [0.2, 0.25) is 0 Å². The Bertz CT molecular complexity index is 548. The summed E-state index contributed by atoms with van der Waals surface area (Å²) in [7, 11) is 1.68. The average Bonchev–Trinajstić information content (AvgIpc) is 2.88. The van der Waals surface area contributed by atoms with E-state index in [-0.39, 0.29) is 6.04 Å². The number of H-pyrrole nitrogens is 1. The molecule has 0 bridgehead atoms. The number of nitrogens with one attached hydrogen (secondary N) is 1. The number of ether oxygens (including phenoxy) is 1. The zero-order chi connectivity index (χ0) is 13.8. The molecule has 0 spiro atoms. The van der Waals surface area contributed by atoms with Gasteiger partial charge in [-0.3, -0.25) is 0 Å². The van der Waals surface area contributed by atoms with Crippen molar-refractivity contribution in [2.24, 2.45) is 5.73 Å². The van der Waals surface area contributed by atoms with Gasteiger partial charge in [-0.15, -0.1) is 0 Å². The van der Waals surface area contributed by atoms with Crippen molar-refractivity contribution >= 4 is 0 Å². The van der Waals surface area contributed by atoms with E-state index in [2.05, 4.69) is 42.0 Å². The highest BCUT2D eigenvalue weighted by atomic mass is 16.5. The number of benzene rings is 1. The predicted octanol–water partition coefficient (Wildman–Crippen LogP) is 2.73. The van der Waals surface area contributed by atoms with Gasteiger partial charge in [-0.25, -0.2) is 4.98 Å². The van der Waals surface area contributed by atoms with E-state index in [0.717, 1.165) is 17.9 Å². The van der Waals surface area contributed by atoms with Crippen LogP contribution in [0.1, 0.15) is 29.4 Å². The van der Waals surface area contributed by atoms with E-state index in [1.165, 1.54) is 16.7 Å². The molecule has 0 amide bonds. The Kier molecular flexibility index (Phi) is 4.35. The second-order valence-electron chi connectivity index (χ2n) is 4.89. The second kappa shape index (κ2) is 5.99. The lowest BCUT2D eigenvalue weighted by Crippen LogP contribution is -2.14. The minimum absolute atomic E-state index is 0.112. The molecule has 2 aromatic rings. The van der Waals surface area contributed by atoms with Crippen LogP contribution in [0.5, 0.6) is 0 Å². The Balaban J connectivity index is 2.23. The lowest BCUT2D eigenvalue weighted by atomic mass is 10.0. The summed E-state index contributed by atoms with van der Waals surface area (Å²) in [5.41, 5.74) is 10.7. The van der Waals surface area contributed by atoms with Crippen LogP contribution in [-0.2, 0) is 4.74 Å². The smallest absolute Gasteiger partial charge is 0.123 e. The number of nitrogens with zero attached hydrogens (tertiary/aromatic N) is 1. The third kappa shape index (κ3) is 3.22. The van der Waals surface area contributed by atoms with Crippen molar-refractivity contribution in [3.63, 3.8) is 0 Å². The molecule has 1 atom stereocenters. The summed E-state index contributed by atoms with van der Waals surface area (Å²) in [5.74, 6) is 0.813. The lowest BCUT2D eigenvalue weighted by Gasteiger charge is -2.08. The zero-order valence-electron chi connectivity index (χ0n) is 11.7. The molecule has 0 fully saturated rings. The third-order valence-corrected chi connectivity index (χ3v) is 3.26. The predicted molar refractivity (Wildman–Crippen MR) is 76.9 cm³/mol. The monoisotopic (exact) mass is 259 g/mol. The van der Waals surface area contributed by atoms with E-state index >= 15 is 0 Å². The van der Waals surface area contributed by atoms with Gasteiger partial charge in [-0.2, -0.15) is 0 Å². The fraction of sp³-hybridized carbons (Fsp3) is 0.400. The molecule has 1 aromatic heterocycles. The Hall–Kier alpha value is -1.65. The quantitative estimate of drug-likeness (QED) is 0.867. The first-order valence-electron chi connectivity index (χ1n) is 6.49. The van der Waals surface area contributed by atoms with Gasteiger partial charge in [0.25, 0.3) is 0 Å². The molecule has 19 heavy (non-hydrogen) atoms.